The van der Waals surface area contributed by atoms with Gasteiger partial charge < -0.3 is 15.5 Å². The summed E-state index contributed by atoms with van der Waals surface area (Å²) in [4.78, 5) is 14.5. The van der Waals surface area contributed by atoms with Crippen LogP contribution in [0.5, 0.6) is 0 Å². The van der Waals surface area contributed by atoms with Crippen molar-refractivity contribution >= 4 is 34.6 Å². The van der Waals surface area contributed by atoms with Crippen molar-refractivity contribution in [2.24, 2.45) is 0 Å². The minimum absolute atomic E-state index is 0.0935. The second kappa shape index (κ2) is 7.58. The van der Waals surface area contributed by atoms with E-state index in [-0.39, 0.29) is 12.5 Å². The van der Waals surface area contributed by atoms with Crippen LogP contribution in [-0.4, -0.2) is 25.5 Å². The van der Waals surface area contributed by atoms with Gasteiger partial charge >= 0.3 is 0 Å². The summed E-state index contributed by atoms with van der Waals surface area (Å²) in [5.74, 6) is -0.0935. The van der Waals surface area contributed by atoms with Crippen LogP contribution in [0, 0.1) is 6.92 Å². The van der Waals surface area contributed by atoms with Crippen molar-refractivity contribution in [1.82, 2.24) is 0 Å². The molecule has 0 saturated carbocycles. The van der Waals surface area contributed by atoms with Gasteiger partial charge in [0.15, 0.2) is 0 Å². The molecule has 1 amide bonds. The van der Waals surface area contributed by atoms with Gasteiger partial charge in [0.2, 0.25) is 5.91 Å². The first-order chi connectivity index (χ1) is 11.6. The Morgan fingerprint density at radius 3 is 2.54 bits per heavy atom. The molecule has 0 unspecified atom stereocenters. The highest BCUT2D eigenvalue weighted by atomic mass is 35.5. The Kier molecular flexibility index (Phi) is 5.26. The molecule has 5 heteroatoms. The van der Waals surface area contributed by atoms with Crippen LogP contribution in [0.1, 0.15) is 18.4 Å². The molecule has 24 heavy (non-hydrogen) atoms. The van der Waals surface area contributed by atoms with Gasteiger partial charge in [-0.25, -0.2) is 0 Å². The van der Waals surface area contributed by atoms with E-state index in [2.05, 4.69) is 27.7 Å². The number of hydrogen-bond donors (Lipinski definition) is 2. The number of aryl methyl sites for hydroxylation is 1. The van der Waals surface area contributed by atoms with Gasteiger partial charge in [0.1, 0.15) is 0 Å². The molecule has 3 rings (SSSR count). The number of carbonyl (C=O) groups excluding carboxylic acids is 1. The van der Waals surface area contributed by atoms with Gasteiger partial charge in [-0.2, -0.15) is 0 Å². The SMILES string of the molecule is Cc1ccc(Cl)cc1NC(=O)CNc1ccc(N2CCCC2)cc1. The fraction of sp³-hybridized carbons (Fsp3) is 0.316. The second-order valence-corrected chi connectivity index (χ2v) is 6.54. The van der Waals surface area contributed by atoms with Crippen molar-refractivity contribution in [3.8, 4) is 0 Å². The molecule has 126 valence electrons. The molecule has 2 N–H and O–H groups in total. The molecule has 2 aromatic rings. The van der Waals surface area contributed by atoms with Gasteiger partial charge in [0, 0.05) is 35.2 Å². The minimum atomic E-state index is -0.0935. The predicted molar refractivity (Wildman–Crippen MR) is 101 cm³/mol. The first kappa shape index (κ1) is 16.7. The van der Waals surface area contributed by atoms with E-state index in [1.807, 2.05) is 31.2 Å². The van der Waals surface area contributed by atoms with Crippen molar-refractivity contribution in [2.75, 3.05) is 35.2 Å². The topological polar surface area (TPSA) is 44.4 Å². The third-order valence-corrected chi connectivity index (χ3v) is 4.50. The number of nitrogens with one attached hydrogen (secondary N) is 2. The van der Waals surface area contributed by atoms with Crippen molar-refractivity contribution in [3.05, 3.63) is 53.1 Å². The molecule has 1 saturated heterocycles. The van der Waals surface area contributed by atoms with E-state index in [1.165, 1.54) is 18.5 Å². The zero-order valence-electron chi connectivity index (χ0n) is 13.8. The van der Waals surface area contributed by atoms with Gasteiger partial charge in [0.25, 0.3) is 0 Å². The number of nitrogens with zero attached hydrogens (tertiary/aromatic N) is 1. The first-order valence-corrected chi connectivity index (χ1v) is 8.64. The van der Waals surface area contributed by atoms with E-state index in [1.54, 1.807) is 6.07 Å². The molecule has 1 aliphatic rings. The molecule has 4 nitrogen and oxygen atoms in total. The highest BCUT2D eigenvalue weighted by Gasteiger charge is 2.12. The number of benzene rings is 2. The maximum atomic E-state index is 12.1. The Labute approximate surface area is 147 Å². The van der Waals surface area contributed by atoms with Crippen LogP contribution in [0.4, 0.5) is 17.1 Å². The molecule has 0 aromatic heterocycles. The molecule has 0 bridgehead atoms. The van der Waals surface area contributed by atoms with Crippen LogP contribution in [-0.2, 0) is 4.79 Å². The molecule has 1 fully saturated rings. The van der Waals surface area contributed by atoms with Gasteiger partial charge in [0.05, 0.1) is 6.54 Å². The number of carbonyl (C=O) groups is 1. The van der Waals surface area contributed by atoms with Crippen LogP contribution < -0.4 is 15.5 Å². The van der Waals surface area contributed by atoms with E-state index in [9.17, 15) is 4.79 Å². The fourth-order valence-electron chi connectivity index (χ4n) is 2.87. The van der Waals surface area contributed by atoms with Crippen molar-refractivity contribution in [2.45, 2.75) is 19.8 Å². The Bertz CT molecular complexity index is 709. The van der Waals surface area contributed by atoms with E-state index in [4.69, 9.17) is 11.6 Å². The standard InChI is InChI=1S/C19H22ClN3O/c1-14-4-5-15(20)12-18(14)22-19(24)13-21-16-6-8-17(9-7-16)23-10-2-3-11-23/h4-9,12,21H,2-3,10-11,13H2,1H3,(H,22,24). The smallest absolute Gasteiger partial charge is 0.243 e. The largest absolute Gasteiger partial charge is 0.376 e. The molecule has 0 atom stereocenters. The average Bonchev–Trinajstić information content (AvgIpc) is 3.11. The van der Waals surface area contributed by atoms with E-state index < -0.39 is 0 Å². The maximum absolute atomic E-state index is 12.1. The van der Waals surface area contributed by atoms with Crippen LogP contribution in [0.15, 0.2) is 42.5 Å². The normalized spacial score (nSPS) is 13.8. The molecular weight excluding hydrogens is 322 g/mol. The summed E-state index contributed by atoms with van der Waals surface area (Å²) in [5, 5.41) is 6.65. The zero-order chi connectivity index (χ0) is 16.9. The average molecular weight is 344 g/mol. The molecule has 1 aliphatic heterocycles. The Morgan fingerprint density at radius 1 is 1.12 bits per heavy atom. The lowest BCUT2D eigenvalue weighted by molar-refractivity contribution is -0.114. The molecule has 0 aliphatic carbocycles. The van der Waals surface area contributed by atoms with Crippen molar-refractivity contribution in [3.63, 3.8) is 0 Å². The number of halogens is 1. The Morgan fingerprint density at radius 2 is 1.83 bits per heavy atom. The summed E-state index contributed by atoms with van der Waals surface area (Å²) in [7, 11) is 0. The van der Waals surface area contributed by atoms with Crippen LogP contribution in [0.3, 0.4) is 0 Å². The molecule has 1 heterocycles. The third-order valence-electron chi connectivity index (χ3n) is 4.27. The summed E-state index contributed by atoms with van der Waals surface area (Å²) in [6.45, 7) is 4.42. The van der Waals surface area contributed by atoms with E-state index >= 15 is 0 Å². The predicted octanol–water partition coefficient (Wildman–Crippen LogP) is 4.30. The second-order valence-electron chi connectivity index (χ2n) is 6.10. The van der Waals surface area contributed by atoms with Gasteiger partial charge in [-0.3, -0.25) is 4.79 Å². The van der Waals surface area contributed by atoms with E-state index in [0.717, 1.165) is 30.0 Å². The zero-order valence-corrected chi connectivity index (χ0v) is 14.6. The highest BCUT2D eigenvalue weighted by molar-refractivity contribution is 6.31. The molecular formula is C19H22ClN3O. The summed E-state index contributed by atoms with van der Waals surface area (Å²) < 4.78 is 0. The quantitative estimate of drug-likeness (QED) is 0.850. The lowest BCUT2D eigenvalue weighted by Crippen LogP contribution is -2.22. The third kappa shape index (κ3) is 4.20. The minimum Gasteiger partial charge on any atom is -0.376 e. The summed E-state index contributed by atoms with van der Waals surface area (Å²) >= 11 is 5.97. The highest BCUT2D eigenvalue weighted by Crippen LogP contribution is 2.22. The summed E-state index contributed by atoms with van der Waals surface area (Å²) in [6.07, 6.45) is 2.53. The maximum Gasteiger partial charge on any atom is 0.243 e. The number of amides is 1. The van der Waals surface area contributed by atoms with Gasteiger partial charge in [-0.1, -0.05) is 17.7 Å². The van der Waals surface area contributed by atoms with Gasteiger partial charge in [-0.15, -0.1) is 0 Å². The first-order valence-electron chi connectivity index (χ1n) is 8.27. The Balaban J connectivity index is 1.53. The van der Waals surface area contributed by atoms with Crippen LogP contribution >= 0.6 is 11.6 Å². The van der Waals surface area contributed by atoms with Crippen molar-refractivity contribution in [1.29, 1.82) is 0 Å². The number of anilines is 3. The monoisotopic (exact) mass is 343 g/mol. The Hall–Kier alpha value is -2.20. The molecule has 0 spiro atoms. The molecule has 2 aromatic carbocycles. The number of rotatable bonds is 5. The fourth-order valence-corrected chi connectivity index (χ4v) is 3.04. The van der Waals surface area contributed by atoms with Crippen molar-refractivity contribution < 1.29 is 4.79 Å². The summed E-state index contributed by atoms with van der Waals surface area (Å²) in [6, 6.07) is 13.7. The van der Waals surface area contributed by atoms with Crippen LogP contribution in [0.25, 0.3) is 0 Å². The molecule has 0 radical (unpaired) electrons. The lowest BCUT2D eigenvalue weighted by atomic mass is 10.2. The van der Waals surface area contributed by atoms with Crippen LogP contribution in [0.2, 0.25) is 5.02 Å². The lowest BCUT2D eigenvalue weighted by Gasteiger charge is -2.18. The van der Waals surface area contributed by atoms with Gasteiger partial charge in [-0.05, 0) is 61.7 Å². The van der Waals surface area contributed by atoms with E-state index in [0.29, 0.717) is 5.02 Å². The summed E-state index contributed by atoms with van der Waals surface area (Å²) in [5.41, 5.74) is 3.93. The number of hydrogen-bond acceptors (Lipinski definition) is 3.